The minimum Gasteiger partial charge on any atom is -0.316 e. The first-order valence-electron chi connectivity index (χ1n) is 4.88. The van der Waals surface area contributed by atoms with Crippen LogP contribution >= 0.6 is 11.6 Å². The first-order valence-corrected chi connectivity index (χ1v) is 5.26. The van der Waals surface area contributed by atoms with E-state index >= 15 is 0 Å². The van der Waals surface area contributed by atoms with Crippen LogP contribution in [0.3, 0.4) is 0 Å². The third-order valence-corrected chi connectivity index (χ3v) is 2.29. The van der Waals surface area contributed by atoms with Gasteiger partial charge in [0.2, 0.25) is 0 Å². The maximum Gasteiger partial charge on any atom is 0.141 e. The van der Waals surface area contributed by atoms with Gasteiger partial charge in [-0.3, -0.25) is 0 Å². The van der Waals surface area contributed by atoms with Crippen LogP contribution in [0.4, 0.5) is 4.39 Å². The van der Waals surface area contributed by atoms with Gasteiger partial charge in [0.15, 0.2) is 0 Å². The number of nitrogens with one attached hydrogen (secondary N) is 1. The minimum absolute atomic E-state index is 0.206. The molecule has 0 aliphatic heterocycles. The van der Waals surface area contributed by atoms with Gasteiger partial charge >= 0.3 is 0 Å². The molecule has 78 valence electrons. The maximum atomic E-state index is 12.8. The van der Waals surface area contributed by atoms with Gasteiger partial charge < -0.3 is 5.32 Å². The van der Waals surface area contributed by atoms with E-state index in [0.717, 1.165) is 31.5 Å². The summed E-state index contributed by atoms with van der Waals surface area (Å²) in [4.78, 5) is 0. The van der Waals surface area contributed by atoms with Crippen molar-refractivity contribution in [3.8, 4) is 0 Å². The van der Waals surface area contributed by atoms with E-state index in [1.165, 1.54) is 6.07 Å². The molecule has 0 amide bonds. The largest absolute Gasteiger partial charge is 0.316 e. The first-order chi connectivity index (χ1) is 6.74. The lowest BCUT2D eigenvalue weighted by Gasteiger charge is -2.04. The van der Waals surface area contributed by atoms with Crippen LogP contribution in [0.15, 0.2) is 18.2 Å². The van der Waals surface area contributed by atoms with E-state index < -0.39 is 0 Å². The van der Waals surface area contributed by atoms with Crippen LogP contribution in [0.2, 0.25) is 5.02 Å². The second-order valence-corrected chi connectivity index (χ2v) is 3.66. The van der Waals surface area contributed by atoms with Gasteiger partial charge in [-0.2, -0.15) is 0 Å². The van der Waals surface area contributed by atoms with Crippen molar-refractivity contribution in [1.29, 1.82) is 0 Å². The van der Waals surface area contributed by atoms with Crippen molar-refractivity contribution in [1.82, 2.24) is 5.32 Å². The van der Waals surface area contributed by atoms with Gasteiger partial charge in [-0.15, -0.1) is 0 Å². The van der Waals surface area contributed by atoms with Gasteiger partial charge in [-0.1, -0.05) is 24.6 Å². The van der Waals surface area contributed by atoms with Gasteiger partial charge in [0.1, 0.15) is 5.82 Å². The molecule has 0 fully saturated rings. The Bertz CT molecular complexity index is 289. The Balaban J connectivity index is 2.39. The number of benzene rings is 1. The monoisotopic (exact) mass is 215 g/mol. The van der Waals surface area contributed by atoms with Crippen LogP contribution in [-0.4, -0.2) is 13.1 Å². The predicted molar refractivity (Wildman–Crippen MR) is 58.3 cm³/mol. The number of hydrogen-bond donors (Lipinski definition) is 1. The van der Waals surface area contributed by atoms with Gasteiger partial charge in [-0.05, 0) is 43.6 Å². The Hall–Kier alpha value is -0.600. The van der Waals surface area contributed by atoms with E-state index in [1.54, 1.807) is 12.1 Å². The van der Waals surface area contributed by atoms with Crippen LogP contribution < -0.4 is 5.32 Å². The number of halogens is 2. The van der Waals surface area contributed by atoms with Crippen LogP contribution in [0.25, 0.3) is 0 Å². The van der Waals surface area contributed by atoms with Crippen molar-refractivity contribution in [2.75, 3.05) is 13.1 Å². The van der Waals surface area contributed by atoms with Gasteiger partial charge in [-0.25, -0.2) is 4.39 Å². The Morgan fingerprint density at radius 2 is 2.14 bits per heavy atom. The Morgan fingerprint density at radius 1 is 1.36 bits per heavy atom. The van der Waals surface area contributed by atoms with Crippen molar-refractivity contribution in [2.24, 2.45) is 0 Å². The van der Waals surface area contributed by atoms with E-state index in [4.69, 9.17) is 11.6 Å². The van der Waals surface area contributed by atoms with Crippen molar-refractivity contribution >= 4 is 11.6 Å². The molecular formula is C11H15ClFN. The molecule has 3 heteroatoms. The van der Waals surface area contributed by atoms with E-state index in [1.807, 2.05) is 0 Å². The average Bonchev–Trinajstić information content (AvgIpc) is 2.18. The summed E-state index contributed by atoms with van der Waals surface area (Å²) in [5.41, 5.74) is 1.07. The zero-order valence-electron chi connectivity index (χ0n) is 8.32. The summed E-state index contributed by atoms with van der Waals surface area (Å²) in [6.45, 7) is 4.06. The molecule has 1 aromatic rings. The van der Waals surface area contributed by atoms with Crippen LogP contribution in [0.5, 0.6) is 0 Å². The smallest absolute Gasteiger partial charge is 0.141 e. The third kappa shape index (κ3) is 3.64. The molecule has 0 atom stereocenters. The molecule has 0 saturated carbocycles. The summed E-state index contributed by atoms with van der Waals surface area (Å²) < 4.78 is 12.8. The first kappa shape index (κ1) is 11.5. The fourth-order valence-electron chi connectivity index (χ4n) is 1.23. The molecule has 0 unspecified atom stereocenters. The highest BCUT2D eigenvalue weighted by atomic mass is 35.5. The number of hydrogen-bond acceptors (Lipinski definition) is 1. The molecule has 1 rings (SSSR count). The van der Waals surface area contributed by atoms with Crippen molar-refractivity contribution < 1.29 is 4.39 Å². The highest BCUT2D eigenvalue weighted by Gasteiger charge is 2.00. The predicted octanol–water partition coefficient (Wildman–Crippen LogP) is 3.02. The van der Waals surface area contributed by atoms with Crippen molar-refractivity contribution in [3.63, 3.8) is 0 Å². The zero-order chi connectivity index (χ0) is 10.4. The summed E-state index contributed by atoms with van der Waals surface area (Å²) in [6, 6.07) is 4.87. The molecular weight excluding hydrogens is 201 g/mol. The molecule has 14 heavy (non-hydrogen) atoms. The molecule has 0 radical (unpaired) electrons. The molecule has 0 saturated heterocycles. The summed E-state index contributed by atoms with van der Waals surface area (Å²) >= 11 is 5.66. The molecule has 0 spiro atoms. The SMILES string of the molecule is CCCNCCc1ccc(F)c(Cl)c1. The van der Waals surface area contributed by atoms with Crippen LogP contribution in [0, 0.1) is 5.82 Å². The summed E-state index contributed by atoms with van der Waals surface area (Å²) in [5, 5.41) is 3.49. The van der Waals surface area contributed by atoms with E-state index in [2.05, 4.69) is 12.2 Å². The molecule has 0 aliphatic carbocycles. The van der Waals surface area contributed by atoms with E-state index in [0.29, 0.717) is 0 Å². The average molecular weight is 216 g/mol. The topological polar surface area (TPSA) is 12.0 Å². The highest BCUT2D eigenvalue weighted by molar-refractivity contribution is 6.30. The molecule has 0 heterocycles. The summed E-state index contributed by atoms with van der Waals surface area (Å²) in [7, 11) is 0. The normalized spacial score (nSPS) is 10.5. The second-order valence-electron chi connectivity index (χ2n) is 3.25. The van der Waals surface area contributed by atoms with Gasteiger partial charge in [0, 0.05) is 0 Å². The lowest BCUT2D eigenvalue weighted by atomic mass is 10.1. The molecule has 0 bridgehead atoms. The molecule has 1 N–H and O–H groups in total. The third-order valence-electron chi connectivity index (χ3n) is 2.00. The molecule has 1 nitrogen and oxygen atoms in total. The Morgan fingerprint density at radius 3 is 2.79 bits per heavy atom. The molecule has 0 aromatic heterocycles. The Kier molecular flexibility index (Phi) is 4.91. The fraction of sp³-hybridized carbons (Fsp3) is 0.455. The number of rotatable bonds is 5. The zero-order valence-corrected chi connectivity index (χ0v) is 9.07. The molecule has 0 aliphatic rings. The fourth-order valence-corrected chi connectivity index (χ4v) is 1.43. The lowest BCUT2D eigenvalue weighted by Crippen LogP contribution is -2.17. The summed E-state index contributed by atoms with van der Waals surface area (Å²) in [6.07, 6.45) is 2.02. The lowest BCUT2D eigenvalue weighted by molar-refractivity contribution is 0.626. The molecule has 1 aromatic carbocycles. The van der Waals surface area contributed by atoms with E-state index in [9.17, 15) is 4.39 Å². The van der Waals surface area contributed by atoms with Gasteiger partial charge in [0.25, 0.3) is 0 Å². The standard InChI is InChI=1S/C11H15ClFN/c1-2-6-14-7-5-9-3-4-11(13)10(12)8-9/h3-4,8,14H,2,5-7H2,1H3. The van der Waals surface area contributed by atoms with Gasteiger partial charge in [0.05, 0.1) is 5.02 Å². The maximum absolute atomic E-state index is 12.8. The highest BCUT2D eigenvalue weighted by Crippen LogP contribution is 2.15. The van der Waals surface area contributed by atoms with E-state index in [-0.39, 0.29) is 10.8 Å². The van der Waals surface area contributed by atoms with Crippen molar-refractivity contribution in [2.45, 2.75) is 19.8 Å². The quantitative estimate of drug-likeness (QED) is 0.745. The van der Waals surface area contributed by atoms with Crippen LogP contribution in [-0.2, 0) is 6.42 Å². The minimum atomic E-state index is -0.350. The summed E-state index contributed by atoms with van der Waals surface area (Å²) in [5.74, 6) is -0.350. The second kappa shape index (κ2) is 5.99. The van der Waals surface area contributed by atoms with Crippen LogP contribution in [0.1, 0.15) is 18.9 Å². The Labute approximate surface area is 89.3 Å². The van der Waals surface area contributed by atoms with Crippen molar-refractivity contribution in [3.05, 3.63) is 34.6 Å².